The van der Waals surface area contributed by atoms with Crippen molar-refractivity contribution >= 4 is 28.6 Å². The number of halogens is 2. The molecule has 8 nitrogen and oxygen atoms in total. The van der Waals surface area contributed by atoms with Crippen LogP contribution >= 0.6 is 0 Å². The smallest absolute Gasteiger partial charge is 0.224 e. The van der Waals surface area contributed by atoms with E-state index in [4.69, 9.17) is 5.73 Å². The van der Waals surface area contributed by atoms with Crippen LogP contribution in [0.1, 0.15) is 24.1 Å². The van der Waals surface area contributed by atoms with Crippen molar-refractivity contribution in [2.75, 3.05) is 11.1 Å². The number of H-pyrrole nitrogens is 1. The van der Waals surface area contributed by atoms with Gasteiger partial charge in [0.15, 0.2) is 0 Å². The lowest BCUT2D eigenvalue weighted by Gasteiger charge is -2.13. The summed E-state index contributed by atoms with van der Waals surface area (Å²) in [7, 11) is 1.84. The van der Waals surface area contributed by atoms with Crippen LogP contribution in [0, 0.1) is 11.6 Å². The Morgan fingerprint density at radius 2 is 2.07 bits per heavy atom. The van der Waals surface area contributed by atoms with Crippen LogP contribution in [0.4, 0.5) is 26.4 Å². The van der Waals surface area contributed by atoms with Crippen molar-refractivity contribution in [2.45, 2.75) is 12.8 Å². The average molecular weight is 370 g/mol. The molecular weight excluding hydrogens is 354 g/mol. The molecule has 0 aliphatic carbocycles. The summed E-state index contributed by atoms with van der Waals surface area (Å²) in [6.45, 7) is 1.77. The van der Waals surface area contributed by atoms with Gasteiger partial charge in [0.25, 0.3) is 0 Å². The summed E-state index contributed by atoms with van der Waals surface area (Å²) in [5, 5.41) is 3.74. The lowest BCUT2D eigenvalue weighted by Crippen LogP contribution is -2.05. The Kier molecular flexibility index (Phi) is 3.94. The first-order chi connectivity index (χ1) is 12.9. The zero-order valence-electron chi connectivity index (χ0n) is 14.5. The van der Waals surface area contributed by atoms with Crippen molar-refractivity contribution in [3.8, 4) is 0 Å². The maximum Gasteiger partial charge on any atom is 0.224 e. The maximum atomic E-state index is 14.2. The van der Waals surface area contributed by atoms with Gasteiger partial charge in [0.1, 0.15) is 28.9 Å². The fraction of sp³-hybridized carbons (Fsp3) is 0.176. The molecule has 0 saturated heterocycles. The van der Waals surface area contributed by atoms with Crippen LogP contribution in [-0.4, -0.2) is 29.5 Å². The third-order valence-corrected chi connectivity index (χ3v) is 4.24. The van der Waals surface area contributed by atoms with E-state index in [2.05, 4.69) is 30.2 Å². The molecule has 0 aliphatic heterocycles. The Hall–Kier alpha value is -3.56. The Morgan fingerprint density at radius 1 is 1.26 bits per heavy atom. The lowest BCUT2D eigenvalue weighted by molar-refractivity contribution is 0.553. The van der Waals surface area contributed by atoms with E-state index in [1.54, 1.807) is 30.2 Å². The monoisotopic (exact) mass is 370 g/mol. The van der Waals surface area contributed by atoms with Crippen LogP contribution in [0.15, 0.2) is 31.0 Å². The van der Waals surface area contributed by atoms with Crippen molar-refractivity contribution in [1.82, 2.24) is 29.5 Å². The van der Waals surface area contributed by atoms with Gasteiger partial charge < -0.3 is 20.6 Å². The predicted molar refractivity (Wildman–Crippen MR) is 96.5 cm³/mol. The van der Waals surface area contributed by atoms with Gasteiger partial charge in [0, 0.05) is 31.4 Å². The summed E-state index contributed by atoms with van der Waals surface area (Å²) in [6, 6.07) is 0.815. The maximum absolute atomic E-state index is 14.2. The van der Waals surface area contributed by atoms with E-state index in [0.29, 0.717) is 28.2 Å². The van der Waals surface area contributed by atoms with E-state index in [0.717, 1.165) is 12.3 Å². The first-order valence-corrected chi connectivity index (χ1v) is 8.13. The number of pyridine rings is 1. The number of anilines is 3. The number of aromatic amines is 1. The minimum absolute atomic E-state index is 0.0769. The summed E-state index contributed by atoms with van der Waals surface area (Å²) in [4.78, 5) is 19.6. The number of aromatic nitrogens is 6. The van der Waals surface area contributed by atoms with Crippen molar-refractivity contribution in [2.24, 2.45) is 7.05 Å². The van der Waals surface area contributed by atoms with Crippen molar-refractivity contribution in [3.05, 3.63) is 53.9 Å². The molecule has 27 heavy (non-hydrogen) atoms. The van der Waals surface area contributed by atoms with Gasteiger partial charge in [-0.05, 0) is 5.56 Å². The first kappa shape index (κ1) is 16.9. The number of imidazole rings is 1. The molecule has 4 heterocycles. The summed E-state index contributed by atoms with van der Waals surface area (Å²) < 4.78 is 29.2. The lowest BCUT2D eigenvalue weighted by atomic mass is 9.97. The summed E-state index contributed by atoms with van der Waals surface area (Å²) >= 11 is 0. The summed E-state index contributed by atoms with van der Waals surface area (Å²) in [5.41, 5.74) is 7.11. The van der Waals surface area contributed by atoms with Gasteiger partial charge in [0.2, 0.25) is 5.95 Å². The molecule has 0 aromatic carbocycles. The van der Waals surface area contributed by atoms with E-state index in [1.807, 2.05) is 7.05 Å². The molecule has 0 saturated carbocycles. The Labute approximate surface area is 152 Å². The topological polar surface area (TPSA) is 110 Å². The van der Waals surface area contributed by atoms with Gasteiger partial charge in [-0.3, -0.25) is 4.98 Å². The Bertz CT molecular complexity index is 1130. The highest BCUT2D eigenvalue weighted by Gasteiger charge is 2.22. The molecule has 0 amide bonds. The minimum atomic E-state index is -0.726. The zero-order valence-corrected chi connectivity index (χ0v) is 14.5. The van der Waals surface area contributed by atoms with Crippen LogP contribution in [0.3, 0.4) is 0 Å². The van der Waals surface area contributed by atoms with Gasteiger partial charge >= 0.3 is 0 Å². The molecule has 138 valence electrons. The average Bonchev–Trinajstić information content (AvgIpc) is 3.20. The molecule has 0 fully saturated rings. The third kappa shape index (κ3) is 3.05. The van der Waals surface area contributed by atoms with E-state index in [-0.39, 0.29) is 11.6 Å². The highest BCUT2D eigenvalue weighted by molar-refractivity contribution is 5.93. The van der Waals surface area contributed by atoms with E-state index in [9.17, 15) is 8.78 Å². The second-order valence-corrected chi connectivity index (χ2v) is 6.19. The SMILES string of the molecule is C[C@@H](c1ncc(F)cc1F)c1c[nH]c2nc(N)nc(Nc3cn(C)cn3)c12. The molecule has 4 aromatic heterocycles. The van der Waals surface area contributed by atoms with Gasteiger partial charge in [-0.25, -0.2) is 13.8 Å². The van der Waals surface area contributed by atoms with Gasteiger partial charge in [-0.2, -0.15) is 9.97 Å². The number of nitrogens with one attached hydrogen (secondary N) is 2. The molecule has 1 atom stereocenters. The molecule has 0 spiro atoms. The Morgan fingerprint density at radius 3 is 2.78 bits per heavy atom. The second-order valence-electron chi connectivity index (χ2n) is 6.19. The fourth-order valence-electron chi connectivity index (χ4n) is 3.00. The molecule has 4 aromatic rings. The van der Waals surface area contributed by atoms with E-state index in [1.165, 1.54) is 0 Å². The fourth-order valence-corrected chi connectivity index (χ4v) is 3.00. The van der Waals surface area contributed by atoms with Crippen molar-refractivity contribution in [3.63, 3.8) is 0 Å². The second kappa shape index (κ2) is 6.31. The van der Waals surface area contributed by atoms with E-state index >= 15 is 0 Å². The predicted octanol–water partition coefficient (Wildman–Crippen LogP) is 2.84. The quantitative estimate of drug-likeness (QED) is 0.509. The number of hydrogen-bond donors (Lipinski definition) is 3. The Balaban J connectivity index is 1.83. The molecule has 0 unspecified atom stereocenters. The van der Waals surface area contributed by atoms with Gasteiger partial charge in [-0.1, -0.05) is 6.92 Å². The van der Waals surface area contributed by atoms with E-state index < -0.39 is 17.6 Å². The molecule has 0 bridgehead atoms. The number of nitrogen functional groups attached to an aromatic ring is 1. The molecular formula is C17H16F2N8. The van der Waals surface area contributed by atoms with Crippen LogP contribution in [0.5, 0.6) is 0 Å². The summed E-state index contributed by atoms with van der Waals surface area (Å²) in [6.07, 6.45) is 6.10. The number of fused-ring (bicyclic) bond motifs is 1. The zero-order chi connectivity index (χ0) is 19.1. The van der Waals surface area contributed by atoms with Crippen molar-refractivity contribution < 1.29 is 8.78 Å². The standard InChI is InChI=1S/C17H16F2N8/c1-8(14-11(19)3-9(18)4-21-14)10-5-22-15-13(10)16(26-17(20)25-15)24-12-6-27(2)7-23-12/h3-8H,1-2H3,(H4,20,22,24,25,26)/t8-/m1/s1. The molecule has 10 heteroatoms. The largest absolute Gasteiger partial charge is 0.368 e. The van der Waals surface area contributed by atoms with Crippen LogP contribution in [0.2, 0.25) is 0 Å². The summed E-state index contributed by atoms with van der Waals surface area (Å²) in [5.74, 6) is -0.836. The normalized spacial score (nSPS) is 12.4. The van der Waals surface area contributed by atoms with Gasteiger partial charge in [-0.15, -0.1) is 0 Å². The first-order valence-electron chi connectivity index (χ1n) is 8.13. The van der Waals surface area contributed by atoms with Crippen molar-refractivity contribution in [1.29, 1.82) is 0 Å². The number of aryl methyl sites for hydroxylation is 1. The van der Waals surface area contributed by atoms with Crippen LogP contribution in [-0.2, 0) is 7.05 Å². The number of hydrogen-bond acceptors (Lipinski definition) is 6. The molecule has 4 rings (SSSR count). The molecule has 4 N–H and O–H groups in total. The molecule has 0 aliphatic rings. The van der Waals surface area contributed by atoms with Crippen LogP contribution < -0.4 is 11.1 Å². The van der Waals surface area contributed by atoms with Crippen LogP contribution in [0.25, 0.3) is 11.0 Å². The van der Waals surface area contributed by atoms with Gasteiger partial charge in [0.05, 0.1) is 23.6 Å². The number of nitrogens with two attached hydrogens (primary N) is 1. The highest BCUT2D eigenvalue weighted by Crippen LogP contribution is 2.34. The highest BCUT2D eigenvalue weighted by atomic mass is 19.1. The minimum Gasteiger partial charge on any atom is -0.368 e. The number of rotatable bonds is 4. The third-order valence-electron chi connectivity index (χ3n) is 4.24. The number of nitrogens with zero attached hydrogens (tertiary/aromatic N) is 5. The molecule has 0 radical (unpaired) electrons.